The molecule has 0 N–H and O–H groups in total. The van der Waals surface area contributed by atoms with Crippen LogP contribution in [0.5, 0.6) is 0 Å². The topological polar surface area (TPSA) is 51.6 Å². The van der Waals surface area contributed by atoms with Gasteiger partial charge in [-0.05, 0) is 43.1 Å². The second kappa shape index (κ2) is 3.80. The smallest absolute Gasteiger partial charge is 0.181 e. The zero-order chi connectivity index (χ0) is 10.3. The molecule has 0 aliphatic heterocycles. The molecule has 0 atom stereocenters. The molecule has 1 fully saturated rings. The summed E-state index contributed by atoms with van der Waals surface area (Å²) in [5, 5.41) is 9.52. The van der Waals surface area contributed by atoms with E-state index < -0.39 is 0 Å². The molecule has 7 heteroatoms. The predicted molar refractivity (Wildman–Crippen MR) is 60.7 cm³/mol. The van der Waals surface area contributed by atoms with Crippen molar-refractivity contribution in [3.8, 4) is 0 Å². The van der Waals surface area contributed by atoms with Gasteiger partial charge in [0.15, 0.2) is 8.68 Å². The van der Waals surface area contributed by atoms with E-state index in [0.717, 1.165) is 14.5 Å². The van der Waals surface area contributed by atoms with Gasteiger partial charge in [-0.25, -0.2) is 4.98 Å². The van der Waals surface area contributed by atoms with E-state index in [4.69, 9.17) is 0 Å². The van der Waals surface area contributed by atoms with Gasteiger partial charge >= 0.3 is 0 Å². The zero-order valence-corrected chi connectivity index (χ0v) is 10.5. The van der Waals surface area contributed by atoms with Gasteiger partial charge < -0.3 is 0 Å². The largest absolute Gasteiger partial charge is 0.213 e. The average molecular weight is 256 g/mol. The fourth-order valence-electron chi connectivity index (χ4n) is 1.15. The van der Waals surface area contributed by atoms with Gasteiger partial charge in [-0.1, -0.05) is 11.3 Å². The highest BCUT2D eigenvalue weighted by atomic mass is 32.2. The highest BCUT2D eigenvalue weighted by molar-refractivity contribution is 8.02. The minimum absolute atomic E-state index is 0.688. The summed E-state index contributed by atoms with van der Waals surface area (Å²) in [4.78, 5) is 4.28. The molecule has 0 bridgehead atoms. The Labute approximate surface area is 99.3 Å². The van der Waals surface area contributed by atoms with Crippen LogP contribution in [-0.4, -0.2) is 19.6 Å². The van der Waals surface area contributed by atoms with E-state index in [1.807, 2.05) is 6.92 Å². The SMILES string of the molecule is Cc1nsc(Sc2nnc(C3CC3)s2)n1. The third kappa shape index (κ3) is 2.19. The number of rotatable bonds is 3. The van der Waals surface area contributed by atoms with E-state index in [1.54, 1.807) is 23.1 Å². The molecular weight excluding hydrogens is 248 g/mol. The van der Waals surface area contributed by atoms with Gasteiger partial charge in [0.05, 0.1) is 0 Å². The summed E-state index contributed by atoms with van der Waals surface area (Å²) in [6.07, 6.45) is 2.55. The van der Waals surface area contributed by atoms with Crippen molar-refractivity contribution in [2.24, 2.45) is 0 Å². The van der Waals surface area contributed by atoms with Crippen LogP contribution in [0.2, 0.25) is 0 Å². The first-order valence-corrected chi connectivity index (χ1v) is 7.03. The first kappa shape index (κ1) is 9.68. The van der Waals surface area contributed by atoms with Crippen LogP contribution >= 0.6 is 34.6 Å². The van der Waals surface area contributed by atoms with Crippen molar-refractivity contribution in [1.29, 1.82) is 0 Å². The molecular formula is C8H8N4S3. The van der Waals surface area contributed by atoms with E-state index in [1.165, 1.54) is 29.4 Å². The number of hydrogen-bond donors (Lipinski definition) is 0. The van der Waals surface area contributed by atoms with Gasteiger partial charge in [0.2, 0.25) is 0 Å². The number of aromatic nitrogens is 4. The van der Waals surface area contributed by atoms with Crippen molar-refractivity contribution in [2.75, 3.05) is 0 Å². The van der Waals surface area contributed by atoms with Crippen molar-refractivity contribution in [3.63, 3.8) is 0 Å². The second-order valence-corrected chi connectivity index (χ2v) is 6.65. The Bertz CT molecular complexity index is 474. The van der Waals surface area contributed by atoms with Crippen LogP contribution in [0.15, 0.2) is 8.68 Å². The lowest BCUT2D eigenvalue weighted by atomic mass is 10.5. The highest BCUT2D eigenvalue weighted by Gasteiger charge is 2.27. The molecule has 15 heavy (non-hydrogen) atoms. The van der Waals surface area contributed by atoms with E-state index in [-0.39, 0.29) is 0 Å². The molecule has 2 aromatic rings. The molecule has 1 aliphatic rings. The molecule has 2 heterocycles. The molecule has 78 valence electrons. The van der Waals surface area contributed by atoms with E-state index in [9.17, 15) is 0 Å². The van der Waals surface area contributed by atoms with Crippen molar-refractivity contribution in [1.82, 2.24) is 19.6 Å². The summed E-state index contributed by atoms with van der Waals surface area (Å²) >= 11 is 4.67. The first-order valence-electron chi connectivity index (χ1n) is 4.63. The Morgan fingerprint density at radius 3 is 2.80 bits per heavy atom. The van der Waals surface area contributed by atoms with Gasteiger partial charge in [0.1, 0.15) is 10.8 Å². The Hall–Kier alpha value is -0.530. The molecule has 0 unspecified atom stereocenters. The lowest BCUT2D eigenvalue weighted by molar-refractivity contribution is 0.937. The zero-order valence-electron chi connectivity index (χ0n) is 8.01. The molecule has 2 aromatic heterocycles. The Morgan fingerprint density at radius 2 is 2.13 bits per heavy atom. The number of hydrogen-bond acceptors (Lipinski definition) is 7. The van der Waals surface area contributed by atoms with Crippen molar-refractivity contribution < 1.29 is 0 Å². The Balaban J connectivity index is 1.75. The van der Waals surface area contributed by atoms with Gasteiger partial charge in [-0.2, -0.15) is 4.37 Å². The van der Waals surface area contributed by atoms with Crippen molar-refractivity contribution in [2.45, 2.75) is 34.4 Å². The van der Waals surface area contributed by atoms with Crippen LogP contribution in [0.4, 0.5) is 0 Å². The van der Waals surface area contributed by atoms with E-state index >= 15 is 0 Å². The van der Waals surface area contributed by atoms with Crippen LogP contribution in [0.3, 0.4) is 0 Å². The van der Waals surface area contributed by atoms with Gasteiger partial charge in [0, 0.05) is 5.92 Å². The lowest BCUT2D eigenvalue weighted by Crippen LogP contribution is -1.75. The second-order valence-electron chi connectivity index (χ2n) is 3.39. The number of nitrogens with zero attached hydrogens (tertiary/aromatic N) is 4. The van der Waals surface area contributed by atoms with Crippen LogP contribution in [0, 0.1) is 6.92 Å². The molecule has 1 aliphatic carbocycles. The number of aryl methyl sites for hydroxylation is 1. The van der Waals surface area contributed by atoms with E-state index in [2.05, 4.69) is 19.6 Å². The third-order valence-corrected chi connectivity index (χ3v) is 5.01. The fourth-order valence-corrected chi connectivity index (χ4v) is 4.04. The molecule has 4 nitrogen and oxygen atoms in total. The van der Waals surface area contributed by atoms with Crippen LogP contribution in [0.1, 0.15) is 29.6 Å². The quantitative estimate of drug-likeness (QED) is 0.845. The maximum Gasteiger partial charge on any atom is 0.181 e. The van der Waals surface area contributed by atoms with E-state index in [0.29, 0.717) is 5.92 Å². The summed E-state index contributed by atoms with van der Waals surface area (Å²) in [7, 11) is 0. The van der Waals surface area contributed by atoms with Crippen LogP contribution in [-0.2, 0) is 0 Å². The van der Waals surface area contributed by atoms with Gasteiger partial charge in [-0.15, -0.1) is 10.2 Å². The summed E-state index contributed by atoms with van der Waals surface area (Å²) in [6.45, 7) is 1.90. The summed E-state index contributed by atoms with van der Waals surface area (Å²) < 4.78 is 6.06. The fraction of sp³-hybridized carbons (Fsp3) is 0.500. The molecule has 0 aromatic carbocycles. The lowest BCUT2D eigenvalue weighted by Gasteiger charge is -1.85. The highest BCUT2D eigenvalue weighted by Crippen LogP contribution is 2.43. The predicted octanol–water partition coefficient (Wildman–Crippen LogP) is 2.73. The maximum atomic E-state index is 4.28. The van der Waals surface area contributed by atoms with Crippen molar-refractivity contribution in [3.05, 3.63) is 10.8 Å². The Morgan fingerprint density at radius 1 is 1.27 bits per heavy atom. The summed E-state index contributed by atoms with van der Waals surface area (Å²) in [6, 6.07) is 0. The normalized spacial score (nSPS) is 15.8. The summed E-state index contributed by atoms with van der Waals surface area (Å²) in [5.41, 5.74) is 0. The summed E-state index contributed by atoms with van der Waals surface area (Å²) in [5.74, 6) is 1.52. The molecule has 0 amide bonds. The molecule has 3 rings (SSSR count). The standard InChI is InChI=1S/C8H8N4S3/c1-4-9-7(15-12-4)14-8-11-10-6(13-8)5-2-3-5/h5H,2-3H2,1H3. The minimum Gasteiger partial charge on any atom is -0.213 e. The Kier molecular flexibility index (Phi) is 2.45. The molecule has 0 radical (unpaired) electrons. The molecule has 1 saturated carbocycles. The van der Waals surface area contributed by atoms with Crippen molar-refractivity contribution >= 4 is 34.6 Å². The van der Waals surface area contributed by atoms with Crippen LogP contribution < -0.4 is 0 Å². The maximum absolute atomic E-state index is 4.28. The molecule has 0 spiro atoms. The first-order chi connectivity index (χ1) is 7.31. The van der Waals surface area contributed by atoms with Gasteiger partial charge in [0.25, 0.3) is 0 Å². The van der Waals surface area contributed by atoms with Crippen LogP contribution in [0.25, 0.3) is 0 Å². The third-order valence-electron chi connectivity index (χ3n) is 2.03. The van der Waals surface area contributed by atoms with Gasteiger partial charge in [-0.3, -0.25) is 0 Å². The monoisotopic (exact) mass is 256 g/mol. The average Bonchev–Trinajstić information content (AvgIpc) is 2.84. The minimum atomic E-state index is 0.688. The molecule has 0 saturated heterocycles.